The van der Waals surface area contributed by atoms with E-state index in [4.69, 9.17) is 4.52 Å². The Morgan fingerprint density at radius 2 is 2.00 bits per heavy atom. The van der Waals surface area contributed by atoms with Gasteiger partial charge in [-0.25, -0.2) is 4.39 Å². The van der Waals surface area contributed by atoms with Crippen LogP contribution in [0.3, 0.4) is 0 Å². The van der Waals surface area contributed by atoms with Crippen molar-refractivity contribution in [3.05, 3.63) is 42.2 Å². The van der Waals surface area contributed by atoms with Crippen LogP contribution in [-0.4, -0.2) is 16.2 Å². The van der Waals surface area contributed by atoms with Gasteiger partial charge in [-0.3, -0.25) is 0 Å². The van der Waals surface area contributed by atoms with Gasteiger partial charge < -0.3 is 9.84 Å². The van der Waals surface area contributed by atoms with Crippen molar-refractivity contribution in [2.24, 2.45) is 0 Å². The van der Waals surface area contributed by atoms with Crippen LogP contribution in [0.25, 0.3) is 22.4 Å². The molecule has 1 saturated carbocycles. The number of hydrogen-bond donors (Lipinski definition) is 1. The summed E-state index contributed by atoms with van der Waals surface area (Å²) in [5.41, 5.74) is 1.34. The summed E-state index contributed by atoms with van der Waals surface area (Å²) in [6, 6.07) is 10.8. The zero-order valence-corrected chi connectivity index (χ0v) is 10.6. The maximum absolute atomic E-state index is 13.8. The van der Waals surface area contributed by atoms with Crippen LogP contribution in [0, 0.1) is 5.82 Å². The van der Waals surface area contributed by atoms with Crippen LogP contribution in [-0.2, 0) is 0 Å². The van der Waals surface area contributed by atoms with E-state index < -0.39 is 0 Å². The van der Waals surface area contributed by atoms with Crippen LogP contribution in [0.5, 0.6) is 0 Å². The molecule has 0 spiro atoms. The Bertz CT molecular complexity index is 780. The van der Waals surface area contributed by atoms with Crippen LogP contribution in [0.4, 0.5) is 10.2 Å². The molecule has 4 rings (SSSR count). The number of benzene rings is 1. The number of nitrogens with one attached hydrogen (secondary N) is 1. The first-order valence-corrected chi connectivity index (χ1v) is 6.59. The molecule has 0 saturated heterocycles. The van der Waals surface area contributed by atoms with Gasteiger partial charge in [0.25, 0.3) is 5.71 Å². The molecule has 20 heavy (non-hydrogen) atoms. The zero-order chi connectivity index (χ0) is 13.5. The number of anilines is 1. The van der Waals surface area contributed by atoms with Gasteiger partial charge in [-0.2, -0.15) is 4.98 Å². The lowest BCUT2D eigenvalue weighted by Gasteiger charge is -2.02. The molecule has 1 aromatic carbocycles. The minimum absolute atomic E-state index is 0.317. The van der Waals surface area contributed by atoms with E-state index in [0.29, 0.717) is 23.0 Å². The molecule has 1 fully saturated rings. The predicted octanol–water partition coefficient (Wildman–Crippen LogP) is 3.60. The number of rotatable bonds is 3. The zero-order valence-electron chi connectivity index (χ0n) is 10.6. The van der Waals surface area contributed by atoms with E-state index in [1.165, 1.54) is 18.9 Å². The second-order valence-electron chi connectivity index (χ2n) is 4.98. The number of hydrogen-bond acceptors (Lipinski definition) is 4. The summed E-state index contributed by atoms with van der Waals surface area (Å²) in [6.45, 7) is 0. The topological polar surface area (TPSA) is 51.0 Å². The van der Waals surface area contributed by atoms with E-state index in [1.54, 1.807) is 18.2 Å². The molecule has 4 nitrogen and oxygen atoms in total. The van der Waals surface area contributed by atoms with Crippen molar-refractivity contribution in [2.75, 3.05) is 5.32 Å². The molecule has 5 heteroatoms. The Labute approximate surface area is 114 Å². The molecule has 1 N–H and O–H groups in total. The molecular formula is C15H12FN3O. The van der Waals surface area contributed by atoms with Gasteiger partial charge in [0.1, 0.15) is 17.3 Å². The second-order valence-corrected chi connectivity index (χ2v) is 4.98. The summed E-state index contributed by atoms with van der Waals surface area (Å²) in [5.74, 6) is 0.458. The summed E-state index contributed by atoms with van der Waals surface area (Å²) in [4.78, 5) is 4.37. The standard InChI is InChI=1S/C15H12FN3O/c16-12-4-2-1-3-10(12)14-11-7-8-13(17-9-5-6-9)18-15(11)20-19-14/h1-4,7-9H,5-6H2,(H,17,18). The molecule has 0 unspecified atom stereocenters. The largest absolute Gasteiger partial charge is 0.367 e. The van der Waals surface area contributed by atoms with E-state index in [1.807, 2.05) is 12.1 Å². The molecule has 2 heterocycles. The van der Waals surface area contributed by atoms with Gasteiger partial charge in [0.15, 0.2) is 0 Å². The van der Waals surface area contributed by atoms with Gasteiger partial charge in [0.2, 0.25) is 0 Å². The summed E-state index contributed by atoms with van der Waals surface area (Å²) in [7, 11) is 0. The van der Waals surface area contributed by atoms with Gasteiger partial charge in [0, 0.05) is 11.6 Å². The van der Waals surface area contributed by atoms with Gasteiger partial charge in [-0.1, -0.05) is 17.3 Å². The van der Waals surface area contributed by atoms with E-state index in [0.717, 1.165) is 11.2 Å². The summed E-state index contributed by atoms with van der Waals surface area (Å²) < 4.78 is 19.1. The maximum Gasteiger partial charge on any atom is 0.260 e. The van der Waals surface area contributed by atoms with Gasteiger partial charge in [-0.15, -0.1) is 0 Å². The minimum atomic E-state index is -0.317. The molecule has 3 aromatic rings. The predicted molar refractivity (Wildman–Crippen MR) is 73.8 cm³/mol. The highest BCUT2D eigenvalue weighted by molar-refractivity contribution is 5.90. The Balaban J connectivity index is 1.79. The normalized spacial score (nSPS) is 14.7. The third-order valence-electron chi connectivity index (χ3n) is 3.40. The molecule has 1 aliphatic rings. The van der Waals surface area contributed by atoms with Crippen molar-refractivity contribution in [3.8, 4) is 11.3 Å². The van der Waals surface area contributed by atoms with Crippen molar-refractivity contribution in [2.45, 2.75) is 18.9 Å². The highest BCUT2D eigenvalue weighted by Gasteiger charge is 2.22. The molecule has 0 radical (unpaired) electrons. The molecule has 2 aromatic heterocycles. The molecule has 0 atom stereocenters. The van der Waals surface area contributed by atoms with Crippen molar-refractivity contribution < 1.29 is 8.91 Å². The van der Waals surface area contributed by atoms with Gasteiger partial charge in [-0.05, 0) is 37.1 Å². The van der Waals surface area contributed by atoms with Crippen molar-refractivity contribution in [1.29, 1.82) is 0 Å². The number of aromatic nitrogens is 2. The lowest BCUT2D eigenvalue weighted by Crippen LogP contribution is -2.02. The molecule has 0 amide bonds. The van der Waals surface area contributed by atoms with Crippen molar-refractivity contribution in [3.63, 3.8) is 0 Å². The molecular weight excluding hydrogens is 257 g/mol. The summed E-state index contributed by atoms with van der Waals surface area (Å²) in [5, 5.41) is 7.97. The molecule has 100 valence electrons. The minimum Gasteiger partial charge on any atom is -0.367 e. The van der Waals surface area contributed by atoms with E-state index in [9.17, 15) is 4.39 Å². The summed E-state index contributed by atoms with van der Waals surface area (Å²) >= 11 is 0. The quantitative estimate of drug-likeness (QED) is 0.789. The highest BCUT2D eigenvalue weighted by atomic mass is 19.1. The fraction of sp³-hybridized carbons (Fsp3) is 0.200. The first-order chi connectivity index (χ1) is 9.81. The monoisotopic (exact) mass is 269 g/mol. The van der Waals surface area contributed by atoms with Crippen molar-refractivity contribution >= 4 is 16.9 Å². The molecule has 1 aliphatic carbocycles. The van der Waals surface area contributed by atoms with E-state index in [-0.39, 0.29) is 5.82 Å². The number of fused-ring (bicyclic) bond motifs is 1. The van der Waals surface area contributed by atoms with Gasteiger partial charge >= 0.3 is 0 Å². The second kappa shape index (κ2) is 4.30. The van der Waals surface area contributed by atoms with Gasteiger partial charge in [0.05, 0.1) is 5.39 Å². The van der Waals surface area contributed by atoms with Crippen LogP contribution >= 0.6 is 0 Å². The first-order valence-electron chi connectivity index (χ1n) is 6.59. The van der Waals surface area contributed by atoms with Crippen LogP contribution in [0.2, 0.25) is 0 Å². The maximum atomic E-state index is 13.8. The number of halogens is 1. The van der Waals surface area contributed by atoms with Crippen LogP contribution in [0.1, 0.15) is 12.8 Å². The fourth-order valence-electron chi connectivity index (χ4n) is 2.19. The number of nitrogens with zero attached hydrogens (tertiary/aromatic N) is 2. The molecule has 0 bridgehead atoms. The van der Waals surface area contributed by atoms with E-state index in [2.05, 4.69) is 15.5 Å². The number of pyridine rings is 1. The lowest BCUT2D eigenvalue weighted by atomic mass is 10.1. The fourth-order valence-corrected chi connectivity index (χ4v) is 2.19. The Hall–Kier alpha value is -2.43. The Kier molecular flexibility index (Phi) is 2.45. The van der Waals surface area contributed by atoms with Crippen LogP contribution < -0.4 is 5.32 Å². The average Bonchev–Trinajstić information content (AvgIpc) is 3.17. The van der Waals surface area contributed by atoms with Crippen molar-refractivity contribution in [1.82, 2.24) is 10.1 Å². The molecule has 0 aliphatic heterocycles. The average molecular weight is 269 g/mol. The third kappa shape index (κ3) is 1.91. The SMILES string of the molecule is Fc1ccccc1-c1noc2nc(NC3CC3)ccc12. The lowest BCUT2D eigenvalue weighted by molar-refractivity contribution is 0.451. The first kappa shape index (κ1) is 11.4. The Morgan fingerprint density at radius 1 is 1.15 bits per heavy atom. The summed E-state index contributed by atoms with van der Waals surface area (Å²) in [6.07, 6.45) is 2.35. The van der Waals surface area contributed by atoms with E-state index >= 15 is 0 Å². The third-order valence-corrected chi connectivity index (χ3v) is 3.40. The smallest absolute Gasteiger partial charge is 0.260 e. The highest BCUT2D eigenvalue weighted by Crippen LogP contribution is 2.30. The Morgan fingerprint density at radius 3 is 2.80 bits per heavy atom. The van der Waals surface area contributed by atoms with Crippen LogP contribution in [0.15, 0.2) is 40.9 Å².